The molecule has 0 amide bonds. The third kappa shape index (κ3) is 4.85. The highest BCUT2D eigenvalue weighted by atomic mass is 32.1. The van der Waals surface area contributed by atoms with Crippen molar-refractivity contribution in [2.75, 3.05) is 13.1 Å². The summed E-state index contributed by atoms with van der Waals surface area (Å²) in [5.74, 6) is 0. The largest absolute Gasteiger partial charge is 0.316 e. The number of aromatic nitrogens is 1. The van der Waals surface area contributed by atoms with E-state index in [9.17, 15) is 0 Å². The van der Waals surface area contributed by atoms with Gasteiger partial charge in [-0.25, -0.2) is 4.98 Å². The molecule has 0 aliphatic carbocycles. The van der Waals surface area contributed by atoms with Gasteiger partial charge in [0.2, 0.25) is 0 Å². The monoisotopic (exact) mass is 296 g/mol. The zero-order valence-corrected chi connectivity index (χ0v) is 15.0. The van der Waals surface area contributed by atoms with Crippen LogP contribution >= 0.6 is 11.3 Å². The van der Waals surface area contributed by atoms with Crippen molar-refractivity contribution in [3.63, 3.8) is 0 Å². The molecule has 1 heterocycles. The summed E-state index contributed by atoms with van der Waals surface area (Å²) in [6.07, 6.45) is 4.74. The summed E-state index contributed by atoms with van der Waals surface area (Å²) < 4.78 is 0. The van der Waals surface area contributed by atoms with Gasteiger partial charge in [0.05, 0.1) is 10.7 Å². The molecule has 1 aromatic rings. The van der Waals surface area contributed by atoms with E-state index in [2.05, 4.69) is 52.2 Å². The van der Waals surface area contributed by atoms with Crippen LogP contribution in [0.3, 0.4) is 0 Å². The fraction of sp³-hybridized carbons (Fsp3) is 0.824. The topological polar surface area (TPSA) is 24.9 Å². The van der Waals surface area contributed by atoms with Gasteiger partial charge < -0.3 is 5.32 Å². The Labute approximate surface area is 129 Å². The van der Waals surface area contributed by atoms with Crippen molar-refractivity contribution in [3.8, 4) is 0 Å². The van der Waals surface area contributed by atoms with Crippen molar-refractivity contribution < 1.29 is 0 Å². The lowest BCUT2D eigenvalue weighted by Gasteiger charge is -2.31. The molecule has 0 aliphatic heterocycles. The van der Waals surface area contributed by atoms with Crippen LogP contribution in [0.5, 0.6) is 0 Å². The van der Waals surface area contributed by atoms with E-state index in [1.807, 2.05) is 11.3 Å². The van der Waals surface area contributed by atoms with Gasteiger partial charge in [-0.05, 0) is 31.2 Å². The summed E-state index contributed by atoms with van der Waals surface area (Å²) in [5, 5.41) is 7.16. The fourth-order valence-electron chi connectivity index (χ4n) is 2.40. The Balaban J connectivity index is 2.77. The SMILES string of the molecule is CCCNCC(CC)(CC)Cc1nc(C(C)(C)C)cs1. The maximum absolute atomic E-state index is 4.88. The number of nitrogens with zero attached hydrogens (tertiary/aromatic N) is 1. The molecule has 0 aliphatic rings. The van der Waals surface area contributed by atoms with Crippen molar-refractivity contribution in [1.82, 2.24) is 10.3 Å². The van der Waals surface area contributed by atoms with Crippen molar-refractivity contribution in [2.45, 2.75) is 72.6 Å². The minimum Gasteiger partial charge on any atom is -0.316 e. The van der Waals surface area contributed by atoms with E-state index >= 15 is 0 Å². The third-order valence-electron chi connectivity index (χ3n) is 4.27. The second-order valence-corrected chi connectivity index (χ2v) is 7.88. The molecule has 0 fully saturated rings. The van der Waals surface area contributed by atoms with Crippen LogP contribution in [0.2, 0.25) is 0 Å². The van der Waals surface area contributed by atoms with E-state index in [-0.39, 0.29) is 5.41 Å². The summed E-state index contributed by atoms with van der Waals surface area (Å²) in [7, 11) is 0. The van der Waals surface area contributed by atoms with E-state index in [0.717, 1.165) is 19.5 Å². The molecule has 3 heteroatoms. The summed E-state index contributed by atoms with van der Waals surface area (Å²) in [5.41, 5.74) is 1.76. The van der Waals surface area contributed by atoms with Gasteiger partial charge in [-0.3, -0.25) is 0 Å². The Kier molecular flexibility index (Phi) is 6.67. The predicted octanol–water partition coefficient (Wildman–Crippen LogP) is 4.79. The molecule has 2 nitrogen and oxygen atoms in total. The Morgan fingerprint density at radius 2 is 1.80 bits per heavy atom. The van der Waals surface area contributed by atoms with Gasteiger partial charge in [-0.15, -0.1) is 11.3 Å². The van der Waals surface area contributed by atoms with E-state index in [1.54, 1.807) is 0 Å². The van der Waals surface area contributed by atoms with Crippen molar-refractivity contribution in [3.05, 3.63) is 16.1 Å². The van der Waals surface area contributed by atoms with E-state index in [1.165, 1.54) is 30.0 Å². The van der Waals surface area contributed by atoms with Gasteiger partial charge >= 0.3 is 0 Å². The highest BCUT2D eigenvalue weighted by molar-refractivity contribution is 7.09. The average Bonchev–Trinajstić information content (AvgIpc) is 2.86. The lowest BCUT2D eigenvalue weighted by molar-refractivity contribution is 0.246. The number of hydrogen-bond acceptors (Lipinski definition) is 3. The quantitative estimate of drug-likeness (QED) is 0.698. The smallest absolute Gasteiger partial charge is 0.0934 e. The summed E-state index contributed by atoms with van der Waals surface area (Å²) in [6.45, 7) is 15.8. The maximum Gasteiger partial charge on any atom is 0.0934 e. The van der Waals surface area contributed by atoms with Gasteiger partial charge in [0.15, 0.2) is 0 Å². The van der Waals surface area contributed by atoms with Crippen LogP contribution in [0.25, 0.3) is 0 Å². The van der Waals surface area contributed by atoms with Crippen LogP contribution < -0.4 is 5.32 Å². The van der Waals surface area contributed by atoms with Gasteiger partial charge in [0.25, 0.3) is 0 Å². The highest BCUT2D eigenvalue weighted by Crippen LogP contribution is 2.33. The molecule has 0 radical (unpaired) electrons. The first kappa shape index (κ1) is 17.6. The van der Waals surface area contributed by atoms with Crippen LogP contribution in [0.1, 0.15) is 71.5 Å². The van der Waals surface area contributed by atoms with Crippen LogP contribution in [0.15, 0.2) is 5.38 Å². The first-order valence-corrected chi connectivity index (χ1v) is 8.90. The molecule has 0 spiro atoms. The van der Waals surface area contributed by atoms with Crippen molar-refractivity contribution >= 4 is 11.3 Å². The molecule has 0 unspecified atom stereocenters. The first-order valence-electron chi connectivity index (χ1n) is 8.02. The third-order valence-corrected chi connectivity index (χ3v) is 5.12. The van der Waals surface area contributed by atoms with Crippen LogP contribution in [-0.4, -0.2) is 18.1 Å². The standard InChI is InChI=1S/C17H32N2S/c1-7-10-18-13-17(8-2,9-3)11-15-19-14(12-20-15)16(4,5)6/h12,18H,7-11,13H2,1-6H3. The normalized spacial score (nSPS) is 12.9. The molecular weight excluding hydrogens is 264 g/mol. The number of thiazole rings is 1. The van der Waals surface area contributed by atoms with Crippen molar-refractivity contribution in [1.29, 1.82) is 0 Å². The second-order valence-electron chi connectivity index (χ2n) is 6.94. The van der Waals surface area contributed by atoms with E-state index in [0.29, 0.717) is 5.41 Å². The molecule has 0 saturated heterocycles. The molecule has 1 rings (SSSR count). The molecule has 0 atom stereocenters. The summed E-state index contributed by atoms with van der Waals surface area (Å²) in [4.78, 5) is 4.88. The lowest BCUT2D eigenvalue weighted by atomic mass is 9.79. The molecule has 1 aromatic heterocycles. The summed E-state index contributed by atoms with van der Waals surface area (Å²) in [6, 6.07) is 0. The van der Waals surface area contributed by atoms with Gasteiger partial charge in [-0.2, -0.15) is 0 Å². The van der Waals surface area contributed by atoms with Crippen molar-refractivity contribution in [2.24, 2.45) is 5.41 Å². The minimum atomic E-state index is 0.163. The minimum absolute atomic E-state index is 0.163. The Hall–Kier alpha value is -0.410. The highest BCUT2D eigenvalue weighted by Gasteiger charge is 2.28. The molecule has 0 aromatic carbocycles. The Bertz CT molecular complexity index is 386. The summed E-state index contributed by atoms with van der Waals surface area (Å²) >= 11 is 1.83. The maximum atomic E-state index is 4.88. The molecule has 0 bridgehead atoms. The lowest BCUT2D eigenvalue weighted by Crippen LogP contribution is -2.35. The molecule has 116 valence electrons. The second kappa shape index (κ2) is 7.56. The Morgan fingerprint density at radius 1 is 1.15 bits per heavy atom. The van der Waals surface area contributed by atoms with Gasteiger partial charge in [0, 0.05) is 23.8 Å². The van der Waals surface area contributed by atoms with Crippen LogP contribution in [-0.2, 0) is 11.8 Å². The van der Waals surface area contributed by atoms with E-state index in [4.69, 9.17) is 4.98 Å². The molecular formula is C17H32N2S. The zero-order valence-electron chi connectivity index (χ0n) is 14.2. The number of rotatable bonds is 8. The number of hydrogen-bond donors (Lipinski definition) is 1. The molecule has 20 heavy (non-hydrogen) atoms. The number of nitrogens with one attached hydrogen (secondary N) is 1. The van der Waals surface area contributed by atoms with Gasteiger partial charge in [-0.1, -0.05) is 41.5 Å². The van der Waals surface area contributed by atoms with E-state index < -0.39 is 0 Å². The van der Waals surface area contributed by atoms with Crippen LogP contribution in [0.4, 0.5) is 0 Å². The predicted molar refractivity (Wildman–Crippen MR) is 90.7 cm³/mol. The fourth-order valence-corrected chi connectivity index (χ4v) is 3.59. The van der Waals surface area contributed by atoms with Crippen LogP contribution in [0, 0.1) is 5.41 Å². The average molecular weight is 297 g/mol. The first-order chi connectivity index (χ1) is 9.37. The van der Waals surface area contributed by atoms with Gasteiger partial charge in [0.1, 0.15) is 0 Å². The Morgan fingerprint density at radius 3 is 2.25 bits per heavy atom. The molecule has 0 saturated carbocycles. The zero-order chi connectivity index (χ0) is 15.2. The molecule has 1 N–H and O–H groups in total.